The number of halogens is 1. The molecule has 0 radical (unpaired) electrons. The molecule has 2 atom stereocenters. The van der Waals surface area contributed by atoms with Gasteiger partial charge in [0.2, 0.25) is 0 Å². The standard InChI is InChI=1S/C23H29ClN2O/c1-25-15-20(27)21(17-9-4-2-5-10-17)26-16-23(13-6-3-7-14-23)18-11-8-12-19(24)22(18)26/h2,4-5,8-12,20-21,25,27H,3,6-7,13-16H2,1H3. The van der Waals surface area contributed by atoms with Crippen molar-refractivity contribution in [3.05, 3.63) is 64.7 Å². The van der Waals surface area contributed by atoms with Crippen LogP contribution in [-0.4, -0.2) is 31.3 Å². The van der Waals surface area contributed by atoms with Crippen LogP contribution in [0.4, 0.5) is 5.69 Å². The maximum Gasteiger partial charge on any atom is 0.0909 e. The van der Waals surface area contributed by atoms with Gasteiger partial charge in [-0.1, -0.05) is 73.3 Å². The van der Waals surface area contributed by atoms with Crippen LogP contribution < -0.4 is 10.2 Å². The first-order valence-corrected chi connectivity index (χ1v) is 10.5. The third-order valence-corrected chi connectivity index (χ3v) is 6.69. The molecule has 3 nitrogen and oxygen atoms in total. The van der Waals surface area contributed by atoms with Gasteiger partial charge >= 0.3 is 0 Å². The molecule has 4 heteroatoms. The number of aliphatic hydroxyl groups is 1. The molecule has 2 aromatic carbocycles. The zero-order valence-electron chi connectivity index (χ0n) is 16.0. The topological polar surface area (TPSA) is 35.5 Å². The molecule has 0 amide bonds. The number of nitrogens with zero attached hydrogens (tertiary/aromatic N) is 1. The lowest BCUT2D eigenvalue weighted by Crippen LogP contribution is -2.43. The molecule has 2 aromatic rings. The van der Waals surface area contributed by atoms with E-state index < -0.39 is 6.10 Å². The van der Waals surface area contributed by atoms with Crippen molar-refractivity contribution in [2.45, 2.75) is 49.7 Å². The second-order valence-electron chi connectivity index (χ2n) is 8.09. The summed E-state index contributed by atoms with van der Waals surface area (Å²) in [5.74, 6) is 0. The molecule has 27 heavy (non-hydrogen) atoms. The number of likely N-dealkylation sites (N-methyl/N-ethyl adjacent to an activating group) is 1. The second-order valence-corrected chi connectivity index (χ2v) is 8.49. The SMILES string of the molecule is CNCC(O)C(c1ccccc1)N1CC2(CCCCC2)c2cccc(Cl)c21. The normalized spacial score (nSPS) is 20.5. The molecule has 1 aliphatic carbocycles. The minimum Gasteiger partial charge on any atom is -0.389 e. The Morgan fingerprint density at radius 2 is 1.81 bits per heavy atom. The van der Waals surface area contributed by atoms with Crippen LogP contribution in [0.15, 0.2) is 48.5 Å². The highest BCUT2D eigenvalue weighted by atomic mass is 35.5. The largest absolute Gasteiger partial charge is 0.389 e. The molecular formula is C23H29ClN2O. The van der Waals surface area contributed by atoms with Crippen molar-refractivity contribution >= 4 is 17.3 Å². The van der Waals surface area contributed by atoms with Crippen molar-refractivity contribution in [1.29, 1.82) is 0 Å². The predicted octanol–water partition coefficient (Wildman–Crippen LogP) is 4.68. The van der Waals surface area contributed by atoms with E-state index in [0.717, 1.165) is 22.8 Å². The fourth-order valence-electron chi connectivity index (χ4n) is 5.20. The van der Waals surface area contributed by atoms with E-state index in [4.69, 9.17) is 11.6 Å². The Morgan fingerprint density at radius 1 is 1.07 bits per heavy atom. The van der Waals surface area contributed by atoms with Gasteiger partial charge in [0.1, 0.15) is 0 Å². The molecule has 144 valence electrons. The number of rotatable bonds is 5. The molecule has 1 fully saturated rings. The van der Waals surface area contributed by atoms with E-state index in [2.05, 4.69) is 34.5 Å². The lowest BCUT2D eigenvalue weighted by Gasteiger charge is -2.38. The van der Waals surface area contributed by atoms with Crippen LogP contribution in [0.25, 0.3) is 0 Å². The Bertz CT molecular complexity index is 773. The Hall–Kier alpha value is -1.55. The van der Waals surface area contributed by atoms with E-state index in [1.807, 2.05) is 31.3 Å². The number of anilines is 1. The van der Waals surface area contributed by atoms with Crippen LogP contribution in [0.5, 0.6) is 0 Å². The van der Waals surface area contributed by atoms with Gasteiger partial charge in [0, 0.05) is 18.5 Å². The zero-order chi connectivity index (χ0) is 18.9. The predicted molar refractivity (Wildman–Crippen MR) is 113 cm³/mol. The molecule has 1 saturated carbocycles. The van der Waals surface area contributed by atoms with Gasteiger partial charge in [0.15, 0.2) is 0 Å². The quantitative estimate of drug-likeness (QED) is 0.785. The summed E-state index contributed by atoms with van der Waals surface area (Å²) in [6, 6.07) is 16.6. The molecule has 2 aliphatic rings. The van der Waals surface area contributed by atoms with E-state index >= 15 is 0 Å². The van der Waals surface area contributed by atoms with E-state index in [-0.39, 0.29) is 11.5 Å². The van der Waals surface area contributed by atoms with Crippen molar-refractivity contribution in [2.24, 2.45) is 0 Å². The third kappa shape index (κ3) is 3.37. The average Bonchev–Trinajstić information content (AvgIpc) is 2.99. The maximum atomic E-state index is 11.1. The van der Waals surface area contributed by atoms with Gasteiger partial charge < -0.3 is 15.3 Å². The number of para-hydroxylation sites is 1. The first-order valence-electron chi connectivity index (χ1n) is 10.1. The van der Waals surface area contributed by atoms with Gasteiger partial charge in [-0.25, -0.2) is 0 Å². The minimum absolute atomic E-state index is 0.112. The highest BCUT2D eigenvalue weighted by molar-refractivity contribution is 6.33. The Labute approximate surface area is 167 Å². The monoisotopic (exact) mass is 384 g/mol. The van der Waals surface area contributed by atoms with Crippen molar-refractivity contribution in [1.82, 2.24) is 5.32 Å². The molecule has 2 unspecified atom stereocenters. The van der Waals surface area contributed by atoms with Crippen molar-refractivity contribution in [2.75, 3.05) is 25.0 Å². The van der Waals surface area contributed by atoms with Crippen LogP contribution >= 0.6 is 11.6 Å². The van der Waals surface area contributed by atoms with Crippen molar-refractivity contribution < 1.29 is 5.11 Å². The minimum atomic E-state index is -0.514. The smallest absolute Gasteiger partial charge is 0.0909 e. The fraction of sp³-hybridized carbons (Fsp3) is 0.478. The first-order chi connectivity index (χ1) is 13.2. The van der Waals surface area contributed by atoms with Crippen LogP contribution in [0.3, 0.4) is 0 Å². The highest BCUT2D eigenvalue weighted by Gasteiger charge is 2.47. The van der Waals surface area contributed by atoms with E-state index in [0.29, 0.717) is 6.54 Å². The Morgan fingerprint density at radius 3 is 2.52 bits per heavy atom. The van der Waals surface area contributed by atoms with Crippen molar-refractivity contribution in [3.8, 4) is 0 Å². The highest BCUT2D eigenvalue weighted by Crippen LogP contribution is 2.54. The van der Waals surface area contributed by atoms with Crippen LogP contribution in [0.2, 0.25) is 5.02 Å². The van der Waals surface area contributed by atoms with Gasteiger partial charge in [0.05, 0.1) is 22.9 Å². The zero-order valence-corrected chi connectivity index (χ0v) is 16.8. The number of fused-ring (bicyclic) bond motifs is 2. The summed E-state index contributed by atoms with van der Waals surface area (Å²) < 4.78 is 0. The number of aliphatic hydroxyl groups excluding tert-OH is 1. The van der Waals surface area contributed by atoms with Crippen molar-refractivity contribution in [3.63, 3.8) is 0 Å². The lowest BCUT2D eigenvalue weighted by atomic mass is 9.71. The van der Waals surface area contributed by atoms with Gasteiger partial charge in [-0.05, 0) is 37.1 Å². The lowest BCUT2D eigenvalue weighted by molar-refractivity contribution is 0.138. The Balaban J connectivity index is 1.81. The van der Waals surface area contributed by atoms with E-state index in [9.17, 15) is 5.11 Å². The summed E-state index contributed by atoms with van der Waals surface area (Å²) in [6.07, 6.45) is 5.77. The summed E-state index contributed by atoms with van der Waals surface area (Å²) in [5.41, 5.74) is 3.82. The molecule has 1 aliphatic heterocycles. The average molecular weight is 385 g/mol. The summed E-state index contributed by atoms with van der Waals surface area (Å²) in [7, 11) is 1.89. The molecule has 0 aromatic heterocycles. The van der Waals surface area contributed by atoms with Crippen LogP contribution in [-0.2, 0) is 5.41 Å². The number of benzene rings is 2. The number of nitrogens with one attached hydrogen (secondary N) is 1. The second kappa shape index (κ2) is 7.83. The van der Waals surface area contributed by atoms with E-state index in [1.165, 1.54) is 37.7 Å². The molecule has 2 N–H and O–H groups in total. The maximum absolute atomic E-state index is 11.1. The molecule has 4 rings (SSSR count). The molecule has 1 heterocycles. The molecule has 0 bridgehead atoms. The van der Waals surface area contributed by atoms with Crippen LogP contribution in [0.1, 0.15) is 49.3 Å². The summed E-state index contributed by atoms with van der Waals surface area (Å²) in [6.45, 7) is 1.48. The fourth-order valence-corrected chi connectivity index (χ4v) is 5.48. The summed E-state index contributed by atoms with van der Waals surface area (Å²) in [4.78, 5) is 2.39. The van der Waals surface area contributed by atoms with Crippen LogP contribution in [0, 0.1) is 0 Å². The Kier molecular flexibility index (Phi) is 5.45. The van der Waals surface area contributed by atoms with E-state index in [1.54, 1.807) is 0 Å². The summed E-state index contributed by atoms with van der Waals surface area (Å²) >= 11 is 6.74. The third-order valence-electron chi connectivity index (χ3n) is 6.38. The first kappa shape index (κ1) is 18.8. The van der Waals surface area contributed by atoms with Gasteiger partial charge in [0.25, 0.3) is 0 Å². The number of hydrogen-bond donors (Lipinski definition) is 2. The molecule has 1 spiro atoms. The molecular weight excluding hydrogens is 356 g/mol. The van der Waals surface area contributed by atoms with Gasteiger partial charge in [-0.2, -0.15) is 0 Å². The number of hydrogen-bond acceptors (Lipinski definition) is 3. The summed E-state index contributed by atoms with van der Waals surface area (Å²) in [5, 5.41) is 15.0. The molecule has 0 saturated heterocycles. The van der Waals surface area contributed by atoms with Gasteiger partial charge in [-0.3, -0.25) is 0 Å². The van der Waals surface area contributed by atoms with Gasteiger partial charge in [-0.15, -0.1) is 0 Å².